The van der Waals surface area contributed by atoms with Crippen LogP contribution in [-0.4, -0.2) is 66.7 Å². The van der Waals surface area contributed by atoms with Crippen molar-refractivity contribution >= 4 is 49.4 Å². The summed E-state index contributed by atoms with van der Waals surface area (Å²) in [6.07, 6.45) is 0.221. The Balaban J connectivity index is 1.60. The van der Waals surface area contributed by atoms with Crippen LogP contribution < -0.4 is 5.32 Å². The highest BCUT2D eigenvalue weighted by Crippen LogP contribution is 2.26. The summed E-state index contributed by atoms with van der Waals surface area (Å²) in [5.41, 5.74) is 1.41. The zero-order valence-electron chi connectivity index (χ0n) is 15.4. The summed E-state index contributed by atoms with van der Waals surface area (Å²) in [4.78, 5) is 29.9. The lowest BCUT2D eigenvalue weighted by atomic mass is 10.2. The molecule has 1 saturated heterocycles. The van der Waals surface area contributed by atoms with Crippen molar-refractivity contribution in [2.24, 2.45) is 0 Å². The summed E-state index contributed by atoms with van der Waals surface area (Å²) < 4.78 is 25.4. The van der Waals surface area contributed by atoms with Crippen molar-refractivity contribution < 1.29 is 18.0 Å². The summed E-state index contributed by atoms with van der Waals surface area (Å²) in [5, 5.41) is 5.02. The number of amides is 2. The maximum atomic E-state index is 12.1. The Kier molecular flexibility index (Phi) is 6.38. The normalized spacial score (nSPS) is 14.7. The van der Waals surface area contributed by atoms with Crippen LogP contribution in [0.1, 0.15) is 6.42 Å². The van der Waals surface area contributed by atoms with E-state index in [0.717, 1.165) is 15.6 Å². The van der Waals surface area contributed by atoms with Crippen LogP contribution in [-0.2, 0) is 14.8 Å². The highest BCUT2D eigenvalue weighted by Gasteiger charge is 2.21. The summed E-state index contributed by atoms with van der Waals surface area (Å²) in [6, 6.07) is 6.45. The Morgan fingerprint density at radius 1 is 1.29 bits per heavy atom. The van der Waals surface area contributed by atoms with Gasteiger partial charge in [0.25, 0.3) is 5.24 Å². The molecule has 0 radical (unpaired) electrons. The van der Waals surface area contributed by atoms with Gasteiger partial charge in [-0.3, -0.25) is 9.59 Å². The van der Waals surface area contributed by atoms with Gasteiger partial charge in [-0.15, -0.1) is 11.3 Å². The Hall–Kier alpha value is -1.95. The first-order valence-electron chi connectivity index (χ1n) is 8.47. The van der Waals surface area contributed by atoms with E-state index in [1.54, 1.807) is 22.4 Å². The number of nitrogens with zero attached hydrogens (tertiary/aromatic N) is 3. The Labute approximate surface area is 172 Å². The third kappa shape index (κ3) is 4.72. The van der Waals surface area contributed by atoms with Crippen molar-refractivity contribution in [1.29, 1.82) is 0 Å². The first-order chi connectivity index (χ1) is 13.3. The van der Waals surface area contributed by atoms with Crippen molar-refractivity contribution in [3.8, 4) is 11.3 Å². The topological polar surface area (TPSA) is 99.7 Å². The zero-order chi connectivity index (χ0) is 20.3. The van der Waals surface area contributed by atoms with Gasteiger partial charge in [0.15, 0.2) is 5.13 Å². The number of aromatic nitrogens is 1. The summed E-state index contributed by atoms with van der Waals surface area (Å²) in [6.45, 7) is 1.08. The number of anilines is 1. The molecule has 0 saturated carbocycles. The smallest absolute Gasteiger partial charge is 0.281 e. The molecule has 11 heteroatoms. The van der Waals surface area contributed by atoms with Gasteiger partial charge < -0.3 is 10.2 Å². The molecule has 1 aromatic heterocycles. The van der Waals surface area contributed by atoms with Gasteiger partial charge in [0.05, 0.1) is 10.6 Å². The molecule has 0 aliphatic carbocycles. The molecular formula is C17H20N4O4S3. The SMILES string of the molecule is CN(C)S(=O)(=O)c1ccc(-c2csc(NC(=O)CCN3CCSC3=O)n2)cc1. The highest BCUT2D eigenvalue weighted by atomic mass is 32.2. The van der Waals surface area contributed by atoms with Gasteiger partial charge in [0.1, 0.15) is 0 Å². The molecule has 3 rings (SSSR count). The Morgan fingerprint density at radius 2 is 2.00 bits per heavy atom. The molecule has 1 aliphatic heterocycles. The molecule has 0 spiro atoms. The molecule has 150 valence electrons. The molecule has 2 amide bonds. The third-order valence-electron chi connectivity index (χ3n) is 4.13. The van der Waals surface area contributed by atoms with E-state index >= 15 is 0 Å². The monoisotopic (exact) mass is 440 g/mol. The number of nitrogens with one attached hydrogen (secondary N) is 1. The van der Waals surface area contributed by atoms with Crippen molar-refractivity contribution in [3.05, 3.63) is 29.6 Å². The van der Waals surface area contributed by atoms with E-state index in [-0.39, 0.29) is 22.5 Å². The minimum Gasteiger partial charge on any atom is -0.332 e. The molecule has 8 nitrogen and oxygen atoms in total. The molecule has 1 fully saturated rings. The van der Waals surface area contributed by atoms with E-state index in [9.17, 15) is 18.0 Å². The number of thiazole rings is 1. The molecule has 2 aromatic rings. The maximum Gasteiger partial charge on any atom is 0.281 e. The average Bonchev–Trinajstić information content (AvgIpc) is 3.29. The van der Waals surface area contributed by atoms with E-state index in [1.807, 2.05) is 0 Å². The molecule has 1 aromatic carbocycles. The van der Waals surface area contributed by atoms with Crippen LogP contribution in [0.3, 0.4) is 0 Å². The van der Waals surface area contributed by atoms with Crippen LogP contribution in [0.4, 0.5) is 9.93 Å². The lowest BCUT2D eigenvalue weighted by Crippen LogP contribution is -2.27. The fraction of sp³-hybridized carbons (Fsp3) is 0.353. The fourth-order valence-electron chi connectivity index (χ4n) is 2.52. The molecule has 0 bridgehead atoms. The number of sulfonamides is 1. The number of benzene rings is 1. The van der Waals surface area contributed by atoms with Gasteiger partial charge in [-0.05, 0) is 12.1 Å². The van der Waals surface area contributed by atoms with E-state index in [0.29, 0.717) is 23.9 Å². The number of rotatable bonds is 7. The lowest BCUT2D eigenvalue weighted by Gasteiger charge is -2.13. The van der Waals surface area contributed by atoms with Gasteiger partial charge in [-0.2, -0.15) is 0 Å². The average molecular weight is 441 g/mol. The molecular weight excluding hydrogens is 420 g/mol. The number of carbonyl (C=O) groups excluding carboxylic acids is 2. The Morgan fingerprint density at radius 3 is 2.61 bits per heavy atom. The minimum absolute atomic E-state index is 0.0177. The van der Waals surface area contributed by atoms with Crippen LogP contribution in [0.25, 0.3) is 11.3 Å². The number of carbonyl (C=O) groups is 2. The standard InChI is InChI=1S/C17H20N4O4S3/c1-20(2)28(24,25)13-5-3-12(4-6-13)14-11-27-16(18-14)19-15(22)7-8-21-9-10-26-17(21)23/h3-6,11H,7-10H2,1-2H3,(H,18,19,22). The van der Waals surface area contributed by atoms with Crippen molar-refractivity contribution in [2.75, 3.05) is 38.3 Å². The number of hydrogen-bond donors (Lipinski definition) is 1. The molecule has 1 N–H and O–H groups in total. The molecule has 0 atom stereocenters. The first kappa shape index (κ1) is 20.8. The third-order valence-corrected chi connectivity index (χ3v) is 7.61. The van der Waals surface area contributed by atoms with Crippen molar-refractivity contribution in [1.82, 2.24) is 14.2 Å². The largest absolute Gasteiger partial charge is 0.332 e. The summed E-state index contributed by atoms with van der Waals surface area (Å²) in [7, 11) is -0.508. The van der Waals surface area contributed by atoms with E-state index in [2.05, 4.69) is 10.3 Å². The summed E-state index contributed by atoms with van der Waals surface area (Å²) in [5.74, 6) is 0.573. The van der Waals surface area contributed by atoms with E-state index in [1.165, 1.54) is 49.3 Å². The quantitative estimate of drug-likeness (QED) is 0.710. The number of thioether (sulfide) groups is 1. The second-order valence-electron chi connectivity index (χ2n) is 6.25. The van der Waals surface area contributed by atoms with Gasteiger partial charge in [-0.25, -0.2) is 17.7 Å². The Bertz CT molecular complexity index is 971. The predicted octanol–water partition coefficient (Wildman–Crippen LogP) is 2.56. The van der Waals surface area contributed by atoms with E-state index < -0.39 is 10.0 Å². The molecule has 0 unspecified atom stereocenters. The van der Waals surface area contributed by atoms with Gasteiger partial charge in [0, 0.05) is 50.3 Å². The second-order valence-corrected chi connectivity index (χ2v) is 10.3. The minimum atomic E-state index is -3.47. The van der Waals surface area contributed by atoms with Crippen LogP contribution in [0, 0.1) is 0 Å². The van der Waals surface area contributed by atoms with Gasteiger partial charge in [0.2, 0.25) is 15.9 Å². The first-order valence-corrected chi connectivity index (χ1v) is 11.8. The van der Waals surface area contributed by atoms with E-state index in [4.69, 9.17) is 0 Å². The predicted molar refractivity (Wildman–Crippen MR) is 111 cm³/mol. The van der Waals surface area contributed by atoms with Crippen molar-refractivity contribution in [3.63, 3.8) is 0 Å². The lowest BCUT2D eigenvalue weighted by molar-refractivity contribution is -0.116. The number of hydrogen-bond acceptors (Lipinski definition) is 7. The van der Waals surface area contributed by atoms with Crippen LogP contribution >= 0.6 is 23.1 Å². The molecule has 1 aliphatic rings. The van der Waals surface area contributed by atoms with Crippen molar-refractivity contribution in [2.45, 2.75) is 11.3 Å². The fourth-order valence-corrected chi connectivity index (χ4v) is 5.01. The summed E-state index contributed by atoms with van der Waals surface area (Å²) >= 11 is 2.56. The van der Waals surface area contributed by atoms with Crippen LogP contribution in [0.15, 0.2) is 34.5 Å². The van der Waals surface area contributed by atoms with Crippen LogP contribution in [0.2, 0.25) is 0 Å². The van der Waals surface area contributed by atoms with Gasteiger partial charge in [-0.1, -0.05) is 23.9 Å². The molecule has 28 heavy (non-hydrogen) atoms. The highest BCUT2D eigenvalue weighted by molar-refractivity contribution is 8.13. The van der Waals surface area contributed by atoms with Gasteiger partial charge >= 0.3 is 0 Å². The zero-order valence-corrected chi connectivity index (χ0v) is 17.9. The maximum absolute atomic E-state index is 12.1. The molecule has 2 heterocycles. The second kappa shape index (κ2) is 8.60. The van der Waals surface area contributed by atoms with Crippen LogP contribution in [0.5, 0.6) is 0 Å².